The van der Waals surface area contributed by atoms with E-state index in [0.717, 1.165) is 12.0 Å². The number of carboxylic acids is 1. The summed E-state index contributed by atoms with van der Waals surface area (Å²) in [5.41, 5.74) is 1.11. The Hall–Kier alpha value is -1.32. The zero-order valence-corrected chi connectivity index (χ0v) is 8.60. The second-order valence-corrected chi connectivity index (χ2v) is 3.67. The van der Waals surface area contributed by atoms with Gasteiger partial charge < -0.3 is 5.11 Å². The van der Waals surface area contributed by atoms with Gasteiger partial charge in [-0.1, -0.05) is 0 Å². The van der Waals surface area contributed by atoms with E-state index in [1.807, 2.05) is 17.1 Å². The number of nitrogens with zero attached hydrogens (tertiary/aromatic N) is 2. The number of aryl methyl sites for hydroxylation is 1. The molecule has 0 fully saturated rings. The lowest BCUT2D eigenvalue weighted by Gasteiger charge is -2.02. The van der Waals surface area contributed by atoms with E-state index in [1.165, 1.54) is 0 Å². The van der Waals surface area contributed by atoms with Crippen LogP contribution in [0.1, 0.15) is 38.3 Å². The lowest BCUT2D eigenvalue weighted by atomic mass is 10.1. The number of carbonyl (C=O) groups is 1. The minimum Gasteiger partial charge on any atom is -0.481 e. The van der Waals surface area contributed by atoms with Crippen LogP contribution in [0.3, 0.4) is 0 Å². The first-order valence-electron chi connectivity index (χ1n) is 4.84. The zero-order valence-electron chi connectivity index (χ0n) is 8.60. The van der Waals surface area contributed by atoms with E-state index in [0.29, 0.717) is 12.5 Å². The van der Waals surface area contributed by atoms with Crippen molar-refractivity contribution in [1.29, 1.82) is 0 Å². The van der Waals surface area contributed by atoms with Crippen LogP contribution in [0.5, 0.6) is 0 Å². The first-order valence-corrected chi connectivity index (χ1v) is 4.84. The highest BCUT2D eigenvalue weighted by atomic mass is 16.4. The van der Waals surface area contributed by atoms with Gasteiger partial charge in [0.2, 0.25) is 0 Å². The maximum atomic E-state index is 10.3. The lowest BCUT2D eigenvalue weighted by molar-refractivity contribution is -0.137. The fourth-order valence-electron chi connectivity index (χ4n) is 1.23. The molecule has 0 amide bonds. The molecule has 0 saturated carbocycles. The van der Waals surface area contributed by atoms with Gasteiger partial charge in [0, 0.05) is 18.7 Å². The van der Waals surface area contributed by atoms with Gasteiger partial charge in [0.05, 0.1) is 6.20 Å². The van der Waals surface area contributed by atoms with Crippen LogP contribution in [0.2, 0.25) is 0 Å². The Labute approximate surface area is 83.5 Å². The number of aliphatic carboxylic acids is 1. The molecule has 0 bridgehead atoms. The molecule has 0 aliphatic heterocycles. The number of carboxylic acid groups (broad SMARTS) is 1. The van der Waals surface area contributed by atoms with Crippen LogP contribution in [0.25, 0.3) is 0 Å². The third-order valence-corrected chi connectivity index (χ3v) is 2.04. The summed E-state index contributed by atoms with van der Waals surface area (Å²) in [5.74, 6) is -0.735. The molecule has 0 atom stereocenters. The maximum absolute atomic E-state index is 10.3. The summed E-state index contributed by atoms with van der Waals surface area (Å²) >= 11 is 0. The van der Waals surface area contributed by atoms with Crippen molar-refractivity contribution in [3.8, 4) is 0 Å². The molecule has 0 aliphatic carbocycles. The summed E-state index contributed by atoms with van der Waals surface area (Å²) in [6.07, 6.45) is 5.49. The summed E-state index contributed by atoms with van der Waals surface area (Å²) < 4.78 is 1.89. The molecule has 78 valence electrons. The van der Waals surface area contributed by atoms with Gasteiger partial charge in [-0.3, -0.25) is 9.48 Å². The van der Waals surface area contributed by atoms with Crippen LogP contribution in [-0.2, 0) is 11.2 Å². The zero-order chi connectivity index (χ0) is 10.6. The number of aromatic nitrogens is 2. The Morgan fingerprint density at radius 1 is 1.64 bits per heavy atom. The molecule has 0 saturated heterocycles. The first-order chi connectivity index (χ1) is 6.59. The van der Waals surface area contributed by atoms with Crippen molar-refractivity contribution in [2.45, 2.75) is 39.2 Å². The third-order valence-electron chi connectivity index (χ3n) is 2.04. The Morgan fingerprint density at radius 3 is 2.86 bits per heavy atom. The predicted molar refractivity (Wildman–Crippen MR) is 53.2 cm³/mol. The van der Waals surface area contributed by atoms with Crippen molar-refractivity contribution in [3.63, 3.8) is 0 Å². The van der Waals surface area contributed by atoms with Crippen LogP contribution in [-0.4, -0.2) is 20.9 Å². The molecule has 1 aromatic heterocycles. The van der Waals surface area contributed by atoms with Gasteiger partial charge in [0.25, 0.3) is 0 Å². The fraction of sp³-hybridized carbons (Fsp3) is 0.600. The molecule has 1 aromatic rings. The van der Waals surface area contributed by atoms with Gasteiger partial charge in [-0.2, -0.15) is 5.10 Å². The van der Waals surface area contributed by atoms with E-state index in [-0.39, 0.29) is 6.42 Å². The largest absolute Gasteiger partial charge is 0.481 e. The van der Waals surface area contributed by atoms with Crippen molar-refractivity contribution >= 4 is 5.97 Å². The summed E-state index contributed by atoms with van der Waals surface area (Å²) in [7, 11) is 0. The molecule has 14 heavy (non-hydrogen) atoms. The van der Waals surface area contributed by atoms with E-state index >= 15 is 0 Å². The fourth-order valence-corrected chi connectivity index (χ4v) is 1.23. The van der Waals surface area contributed by atoms with Gasteiger partial charge in [-0.05, 0) is 32.3 Å². The predicted octanol–water partition coefficient (Wildman–Crippen LogP) is 1.87. The minimum atomic E-state index is -0.735. The quantitative estimate of drug-likeness (QED) is 0.782. The average Bonchev–Trinajstić information content (AvgIpc) is 2.52. The van der Waals surface area contributed by atoms with Crippen molar-refractivity contribution in [2.75, 3.05) is 0 Å². The van der Waals surface area contributed by atoms with Crippen LogP contribution >= 0.6 is 0 Å². The topological polar surface area (TPSA) is 55.1 Å². The normalized spacial score (nSPS) is 10.8. The van der Waals surface area contributed by atoms with E-state index in [9.17, 15) is 4.79 Å². The highest BCUT2D eigenvalue weighted by Crippen LogP contribution is 2.08. The third kappa shape index (κ3) is 3.20. The SMILES string of the molecule is CC(C)n1cc(CCCC(=O)O)cn1. The Bertz CT molecular complexity index is 305. The molecule has 4 nitrogen and oxygen atoms in total. The smallest absolute Gasteiger partial charge is 0.303 e. The van der Waals surface area contributed by atoms with Crippen molar-refractivity contribution in [1.82, 2.24) is 9.78 Å². The van der Waals surface area contributed by atoms with E-state index in [1.54, 1.807) is 0 Å². The molecule has 1 heterocycles. The molecule has 1 rings (SSSR count). The van der Waals surface area contributed by atoms with E-state index in [4.69, 9.17) is 5.11 Å². The molecule has 1 N–H and O–H groups in total. The van der Waals surface area contributed by atoms with Gasteiger partial charge >= 0.3 is 5.97 Å². The second-order valence-electron chi connectivity index (χ2n) is 3.67. The summed E-state index contributed by atoms with van der Waals surface area (Å²) in [6.45, 7) is 4.13. The van der Waals surface area contributed by atoms with Gasteiger partial charge in [0.1, 0.15) is 0 Å². The van der Waals surface area contributed by atoms with Gasteiger partial charge in [0.15, 0.2) is 0 Å². The number of rotatable bonds is 5. The standard InChI is InChI=1S/C10H16N2O2/c1-8(2)12-7-9(6-11-12)4-3-5-10(13)14/h6-8H,3-5H2,1-2H3,(H,13,14). The van der Waals surface area contributed by atoms with Crippen molar-refractivity contribution in [3.05, 3.63) is 18.0 Å². The maximum Gasteiger partial charge on any atom is 0.303 e. The monoisotopic (exact) mass is 196 g/mol. The van der Waals surface area contributed by atoms with Gasteiger partial charge in [-0.15, -0.1) is 0 Å². The lowest BCUT2D eigenvalue weighted by Crippen LogP contribution is -2.00. The Morgan fingerprint density at radius 2 is 2.36 bits per heavy atom. The second kappa shape index (κ2) is 4.79. The minimum absolute atomic E-state index is 0.229. The summed E-state index contributed by atoms with van der Waals surface area (Å²) in [5, 5.41) is 12.6. The summed E-state index contributed by atoms with van der Waals surface area (Å²) in [4.78, 5) is 10.3. The van der Waals surface area contributed by atoms with Crippen LogP contribution < -0.4 is 0 Å². The molecular formula is C10H16N2O2. The molecule has 0 aromatic carbocycles. The molecule has 0 spiro atoms. The highest BCUT2D eigenvalue weighted by Gasteiger charge is 2.02. The van der Waals surface area contributed by atoms with Gasteiger partial charge in [-0.25, -0.2) is 0 Å². The number of hydrogen-bond donors (Lipinski definition) is 1. The Kier molecular flexibility index (Phi) is 3.68. The van der Waals surface area contributed by atoms with Crippen LogP contribution in [0.4, 0.5) is 0 Å². The molecule has 4 heteroatoms. The number of hydrogen-bond acceptors (Lipinski definition) is 2. The van der Waals surface area contributed by atoms with Crippen LogP contribution in [0, 0.1) is 0 Å². The molecule has 0 aliphatic rings. The first kappa shape index (κ1) is 10.8. The highest BCUT2D eigenvalue weighted by molar-refractivity contribution is 5.66. The van der Waals surface area contributed by atoms with Crippen molar-refractivity contribution in [2.24, 2.45) is 0 Å². The Balaban J connectivity index is 2.40. The van der Waals surface area contributed by atoms with Crippen molar-refractivity contribution < 1.29 is 9.90 Å². The summed E-state index contributed by atoms with van der Waals surface area (Å²) in [6, 6.07) is 0.364. The molecule has 0 radical (unpaired) electrons. The van der Waals surface area contributed by atoms with E-state index in [2.05, 4.69) is 18.9 Å². The van der Waals surface area contributed by atoms with E-state index < -0.39 is 5.97 Å². The van der Waals surface area contributed by atoms with Crippen LogP contribution in [0.15, 0.2) is 12.4 Å². The molecular weight excluding hydrogens is 180 g/mol. The molecule has 0 unspecified atom stereocenters. The average molecular weight is 196 g/mol.